The smallest absolute Gasteiger partial charge is 0.328 e. The molecule has 1 unspecified atom stereocenters. The van der Waals surface area contributed by atoms with Gasteiger partial charge in [-0.3, -0.25) is 14.6 Å². The maximum Gasteiger partial charge on any atom is 0.328 e. The van der Waals surface area contributed by atoms with Crippen LogP contribution in [0.5, 0.6) is 0 Å². The van der Waals surface area contributed by atoms with Gasteiger partial charge in [0.25, 0.3) is 5.91 Å². The van der Waals surface area contributed by atoms with Gasteiger partial charge in [0.1, 0.15) is 6.04 Å². The molecule has 0 saturated carbocycles. The van der Waals surface area contributed by atoms with Crippen LogP contribution in [0.4, 0.5) is 0 Å². The number of carbonyl (C=O) groups is 3. The van der Waals surface area contributed by atoms with Gasteiger partial charge in [-0.1, -0.05) is 18.2 Å². The molecule has 7 heteroatoms. The number of hydrazine groups is 1. The van der Waals surface area contributed by atoms with E-state index in [-0.39, 0.29) is 18.4 Å². The molecular formula is C12H14N2O5. The van der Waals surface area contributed by atoms with Gasteiger partial charge >= 0.3 is 11.9 Å². The molecule has 7 nitrogen and oxygen atoms in total. The molecule has 0 radical (unpaired) electrons. The van der Waals surface area contributed by atoms with Crippen molar-refractivity contribution in [1.29, 1.82) is 0 Å². The van der Waals surface area contributed by atoms with Gasteiger partial charge < -0.3 is 10.2 Å². The highest BCUT2D eigenvalue weighted by atomic mass is 16.4. The Bertz CT molecular complexity index is 474. The van der Waals surface area contributed by atoms with E-state index in [9.17, 15) is 14.4 Å². The molecule has 0 spiro atoms. The number of aliphatic carboxylic acids is 2. The number of benzene rings is 1. The van der Waals surface area contributed by atoms with Crippen LogP contribution in [0.25, 0.3) is 0 Å². The topological polar surface area (TPSA) is 121 Å². The number of carboxylic acids is 2. The zero-order valence-corrected chi connectivity index (χ0v) is 10.0. The quantitative estimate of drug-likeness (QED) is 0.387. The Hall–Kier alpha value is -2.41. The highest BCUT2D eigenvalue weighted by molar-refractivity contribution is 5.96. The molecule has 0 aliphatic rings. The van der Waals surface area contributed by atoms with Crippen LogP contribution in [0.2, 0.25) is 0 Å². The lowest BCUT2D eigenvalue weighted by Crippen LogP contribution is -2.49. The first-order valence-electron chi connectivity index (χ1n) is 5.51. The average Bonchev–Trinajstić information content (AvgIpc) is 2.38. The second kappa shape index (κ2) is 6.50. The van der Waals surface area contributed by atoms with Crippen molar-refractivity contribution in [2.24, 2.45) is 5.84 Å². The van der Waals surface area contributed by atoms with Gasteiger partial charge in [-0.15, -0.1) is 0 Å². The van der Waals surface area contributed by atoms with E-state index < -0.39 is 23.9 Å². The molecule has 1 amide bonds. The lowest BCUT2D eigenvalue weighted by atomic mass is 10.1. The zero-order chi connectivity index (χ0) is 14.4. The molecule has 0 bridgehead atoms. The number of hydrogen-bond donors (Lipinski definition) is 3. The summed E-state index contributed by atoms with van der Waals surface area (Å²) in [4.78, 5) is 33.4. The Morgan fingerprint density at radius 1 is 1.16 bits per heavy atom. The zero-order valence-electron chi connectivity index (χ0n) is 10.0. The number of nitrogens with two attached hydrogens (primary N) is 1. The van der Waals surface area contributed by atoms with Gasteiger partial charge in [-0.25, -0.2) is 10.6 Å². The SMILES string of the molecule is NN(C(=O)c1ccccc1)C(CCC(=O)O)C(=O)O. The number of hydrogen-bond acceptors (Lipinski definition) is 4. The molecule has 1 aromatic rings. The minimum Gasteiger partial charge on any atom is -0.481 e. The molecule has 0 heterocycles. The van der Waals surface area contributed by atoms with E-state index in [1.165, 1.54) is 12.1 Å². The first kappa shape index (κ1) is 14.7. The summed E-state index contributed by atoms with van der Waals surface area (Å²) in [5, 5.41) is 18.1. The Morgan fingerprint density at radius 2 is 1.74 bits per heavy atom. The predicted molar refractivity (Wildman–Crippen MR) is 65.1 cm³/mol. The van der Waals surface area contributed by atoms with Crippen molar-refractivity contribution in [3.63, 3.8) is 0 Å². The second-order valence-electron chi connectivity index (χ2n) is 3.86. The normalized spacial score (nSPS) is 11.6. The highest BCUT2D eigenvalue weighted by Crippen LogP contribution is 2.09. The Labute approximate surface area is 109 Å². The van der Waals surface area contributed by atoms with Gasteiger partial charge in [0.05, 0.1) is 0 Å². The molecular weight excluding hydrogens is 252 g/mol. The summed E-state index contributed by atoms with van der Waals surface area (Å²) >= 11 is 0. The van der Waals surface area contributed by atoms with E-state index in [0.717, 1.165) is 0 Å². The van der Waals surface area contributed by atoms with Crippen molar-refractivity contribution < 1.29 is 24.6 Å². The number of carbonyl (C=O) groups excluding carboxylic acids is 1. The molecule has 0 saturated heterocycles. The van der Waals surface area contributed by atoms with Gasteiger partial charge in [0.15, 0.2) is 0 Å². The summed E-state index contributed by atoms with van der Waals surface area (Å²) in [6, 6.07) is 6.57. The summed E-state index contributed by atoms with van der Waals surface area (Å²) in [6.45, 7) is 0. The molecule has 19 heavy (non-hydrogen) atoms. The van der Waals surface area contributed by atoms with Crippen LogP contribution < -0.4 is 5.84 Å². The molecule has 1 rings (SSSR count). The fourth-order valence-corrected chi connectivity index (χ4v) is 1.51. The maximum atomic E-state index is 11.9. The fourth-order valence-electron chi connectivity index (χ4n) is 1.51. The van der Waals surface area contributed by atoms with Crippen molar-refractivity contribution in [3.8, 4) is 0 Å². The summed E-state index contributed by atoms with van der Waals surface area (Å²) in [7, 11) is 0. The second-order valence-corrected chi connectivity index (χ2v) is 3.86. The third-order valence-corrected chi connectivity index (χ3v) is 2.51. The van der Waals surface area contributed by atoms with Gasteiger partial charge in [0.2, 0.25) is 0 Å². The van der Waals surface area contributed by atoms with E-state index in [1.54, 1.807) is 18.2 Å². The van der Waals surface area contributed by atoms with Gasteiger partial charge in [0, 0.05) is 12.0 Å². The number of rotatable bonds is 6. The lowest BCUT2D eigenvalue weighted by molar-refractivity contribution is -0.143. The summed E-state index contributed by atoms with van der Waals surface area (Å²) < 4.78 is 0. The third-order valence-electron chi connectivity index (χ3n) is 2.51. The van der Waals surface area contributed by atoms with Gasteiger partial charge in [-0.05, 0) is 18.6 Å². The molecule has 4 N–H and O–H groups in total. The molecule has 0 aromatic heterocycles. The average molecular weight is 266 g/mol. The molecule has 1 aromatic carbocycles. The summed E-state index contributed by atoms with van der Waals surface area (Å²) in [5.41, 5.74) is 0.242. The number of amides is 1. The van der Waals surface area contributed by atoms with E-state index in [4.69, 9.17) is 16.1 Å². The monoisotopic (exact) mass is 266 g/mol. The van der Waals surface area contributed by atoms with Crippen LogP contribution in [0.3, 0.4) is 0 Å². The molecule has 102 valence electrons. The Balaban J connectivity index is 2.82. The van der Waals surface area contributed by atoms with Crippen molar-refractivity contribution in [2.45, 2.75) is 18.9 Å². The van der Waals surface area contributed by atoms with E-state index in [0.29, 0.717) is 5.01 Å². The molecule has 0 aliphatic heterocycles. The van der Waals surface area contributed by atoms with Crippen LogP contribution in [0.1, 0.15) is 23.2 Å². The van der Waals surface area contributed by atoms with Crippen LogP contribution in [0.15, 0.2) is 30.3 Å². The van der Waals surface area contributed by atoms with Gasteiger partial charge in [-0.2, -0.15) is 0 Å². The number of carboxylic acid groups (broad SMARTS) is 2. The largest absolute Gasteiger partial charge is 0.481 e. The third kappa shape index (κ3) is 4.07. The van der Waals surface area contributed by atoms with E-state index >= 15 is 0 Å². The predicted octanol–water partition coefficient (Wildman–Crippen LogP) is 0.320. The van der Waals surface area contributed by atoms with E-state index in [2.05, 4.69) is 0 Å². The van der Waals surface area contributed by atoms with Crippen molar-refractivity contribution in [3.05, 3.63) is 35.9 Å². The molecule has 1 atom stereocenters. The van der Waals surface area contributed by atoms with Crippen LogP contribution >= 0.6 is 0 Å². The molecule has 0 aliphatic carbocycles. The van der Waals surface area contributed by atoms with Crippen molar-refractivity contribution >= 4 is 17.8 Å². The fraction of sp³-hybridized carbons (Fsp3) is 0.250. The Morgan fingerprint density at radius 3 is 2.21 bits per heavy atom. The van der Waals surface area contributed by atoms with Crippen molar-refractivity contribution in [2.75, 3.05) is 0 Å². The minimum absolute atomic E-state index is 0.242. The van der Waals surface area contributed by atoms with Crippen LogP contribution in [0, 0.1) is 0 Å². The number of nitrogens with zero attached hydrogens (tertiary/aromatic N) is 1. The summed E-state index contributed by atoms with van der Waals surface area (Å²) in [6.07, 6.45) is -0.632. The minimum atomic E-state index is -1.37. The van der Waals surface area contributed by atoms with Crippen molar-refractivity contribution in [1.82, 2.24) is 5.01 Å². The first-order chi connectivity index (χ1) is 8.93. The standard InChI is InChI=1S/C12H14N2O5/c13-14(9(12(18)19)6-7-10(15)16)11(17)8-4-2-1-3-5-8/h1-5,9H,6-7,13H2,(H,15,16)(H,18,19). The van der Waals surface area contributed by atoms with Crippen LogP contribution in [-0.4, -0.2) is 39.1 Å². The van der Waals surface area contributed by atoms with E-state index in [1.807, 2.05) is 0 Å². The molecule has 0 fully saturated rings. The first-order valence-corrected chi connectivity index (χ1v) is 5.51. The lowest BCUT2D eigenvalue weighted by Gasteiger charge is -2.23. The maximum absolute atomic E-state index is 11.9. The van der Waals surface area contributed by atoms with Crippen LogP contribution in [-0.2, 0) is 9.59 Å². The highest BCUT2D eigenvalue weighted by Gasteiger charge is 2.28. The Kier molecular flexibility index (Phi) is 5.01. The summed E-state index contributed by atoms with van der Waals surface area (Å²) in [5.74, 6) is 2.34.